The summed E-state index contributed by atoms with van der Waals surface area (Å²) in [6.45, 7) is 2.16. The van der Waals surface area contributed by atoms with Gasteiger partial charge in [-0.1, -0.05) is 17.7 Å². The standard InChI is InChI=1S/C11H13ClN2O2/c1-2-16-11(15)8-5-6-3-4-7(12)9(13)10(6)14-8/h3-4,8,14H,2,5,13H2,1H3. The van der Waals surface area contributed by atoms with Gasteiger partial charge in [0.15, 0.2) is 0 Å². The van der Waals surface area contributed by atoms with Crippen molar-refractivity contribution in [2.75, 3.05) is 17.7 Å². The molecule has 1 heterocycles. The van der Waals surface area contributed by atoms with Crippen LogP contribution in [0.25, 0.3) is 0 Å². The number of esters is 1. The molecule has 3 N–H and O–H groups in total. The third-order valence-corrected chi connectivity index (χ3v) is 2.92. The van der Waals surface area contributed by atoms with Crippen molar-refractivity contribution in [3.05, 3.63) is 22.7 Å². The second kappa shape index (κ2) is 4.22. The minimum atomic E-state index is -0.351. The van der Waals surface area contributed by atoms with Gasteiger partial charge < -0.3 is 15.8 Å². The zero-order valence-corrected chi connectivity index (χ0v) is 9.67. The second-order valence-corrected chi connectivity index (χ2v) is 4.06. The van der Waals surface area contributed by atoms with Crippen molar-refractivity contribution in [1.82, 2.24) is 0 Å². The number of ether oxygens (including phenoxy) is 1. The largest absolute Gasteiger partial charge is 0.464 e. The molecule has 86 valence electrons. The van der Waals surface area contributed by atoms with E-state index in [-0.39, 0.29) is 12.0 Å². The number of nitrogens with one attached hydrogen (secondary N) is 1. The molecular weight excluding hydrogens is 228 g/mol. The van der Waals surface area contributed by atoms with Crippen molar-refractivity contribution in [2.24, 2.45) is 0 Å². The Morgan fingerprint density at radius 3 is 3.12 bits per heavy atom. The zero-order chi connectivity index (χ0) is 11.7. The van der Waals surface area contributed by atoms with Gasteiger partial charge in [0.05, 0.1) is 23.0 Å². The fourth-order valence-corrected chi connectivity index (χ4v) is 1.97. The van der Waals surface area contributed by atoms with E-state index in [1.165, 1.54) is 0 Å². The molecule has 0 amide bonds. The molecular formula is C11H13ClN2O2. The summed E-state index contributed by atoms with van der Waals surface area (Å²) >= 11 is 5.90. The van der Waals surface area contributed by atoms with Crippen LogP contribution in [0.1, 0.15) is 12.5 Å². The minimum Gasteiger partial charge on any atom is -0.464 e. The SMILES string of the molecule is CCOC(=O)C1Cc2ccc(Cl)c(N)c2N1. The van der Waals surface area contributed by atoms with Crippen LogP contribution in [-0.4, -0.2) is 18.6 Å². The summed E-state index contributed by atoms with van der Waals surface area (Å²) in [6, 6.07) is 3.27. The number of benzene rings is 1. The predicted octanol–water partition coefficient (Wildman–Crippen LogP) is 1.82. The first-order valence-electron chi connectivity index (χ1n) is 5.13. The zero-order valence-electron chi connectivity index (χ0n) is 8.92. The van der Waals surface area contributed by atoms with E-state index >= 15 is 0 Å². The van der Waals surface area contributed by atoms with Gasteiger partial charge in [0, 0.05) is 6.42 Å². The first-order chi connectivity index (χ1) is 7.63. The quantitative estimate of drug-likeness (QED) is 0.611. The molecule has 0 aromatic heterocycles. The van der Waals surface area contributed by atoms with E-state index in [9.17, 15) is 4.79 Å². The highest BCUT2D eigenvalue weighted by molar-refractivity contribution is 6.33. The number of anilines is 2. The first kappa shape index (κ1) is 11.1. The van der Waals surface area contributed by atoms with Gasteiger partial charge in [0.2, 0.25) is 0 Å². The average molecular weight is 241 g/mol. The van der Waals surface area contributed by atoms with Crippen molar-refractivity contribution in [3.63, 3.8) is 0 Å². The number of hydrogen-bond acceptors (Lipinski definition) is 4. The van der Waals surface area contributed by atoms with E-state index in [1.807, 2.05) is 6.07 Å². The number of hydrogen-bond donors (Lipinski definition) is 2. The van der Waals surface area contributed by atoms with Gasteiger partial charge in [-0.2, -0.15) is 0 Å². The van der Waals surface area contributed by atoms with Crippen LogP contribution in [0.15, 0.2) is 12.1 Å². The van der Waals surface area contributed by atoms with E-state index < -0.39 is 0 Å². The van der Waals surface area contributed by atoms with Crippen LogP contribution in [-0.2, 0) is 16.0 Å². The maximum Gasteiger partial charge on any atom is 0.328 e. The molecule has 0 spiro atoms. The third kappa shape index (κ3) is 1.80. The van der Waals surface area contributed by atoms with Gasteiger partial charge in [-0.15, -0.1) is 0 Å². The molecule has 1 unspecified atom stereocenters. The summed E-state index contributed by atoms with van der Waals surface area (Å²) in [6.07, 6.45) is 0.593. The molecule has 1 atom stereocenters. The number of nitrogens with two attached hydrogens (primary N) is 1. The van der Waals surface area contributed by atoms with E-state index in [2.05, 4.69) is 5.32 Å². The Kier molecular flexibility index (Phi) is 2.92. The van der Waals surface area contributed by atoms with Crippen molar-refractivity contribution in [2.45, 2.75) is 19.4 Å². The van der Waals surface area contributed by atoms with Gasteiger partial charge in [-0.05, 0) is 18.6 Å². The lowest BCUT2D eigenvalue weighted by molar-refractivity contribution is -0.143. The van der Waals surface area contributed by atoms with Gasteiger partial charge >= 0.3 is 5.97 Å². The molecule has 5 heteroatoms. The topological polar surface area (TPSA) is 64.3 Å². The lowest BCUT2D eigenvalue weighted by atomic mass is 10.1. The lowest BCUT2D eigenvalue weighted by Crippen LogP contribution is -2.29. The highest BCUT2D eigenvalue weighted by atomic mass is 35.5. The Morgan fingerprint density at radius 2 is 2.44 bits per heavy atom. The molecule has 1 aliphatic heterocycles. The van der Waals surface area contributed by atoms with Gasteiger partial charge in [-0.25, -0.2) is 4.79 Å². The first-order valence-corrected chi connectivity index (χ1v) is 5.51. The van der Waals surface area contributed by atoms with Gasteiger partial charge in [-0.3, -0.25) is 0 Å². The van der Waals surface area contributed by atoms with Crippen molar-refractivity contribution >= 4 is 28.9 Å². The van der Waals surface area contributed by atoms with E-state index in [4.69, 9.17) is 22.1 Å². The summed E-state index contributed by atoms with van der Waals surface area (Å²) in [7, 11) is 0. The number of carbonyl (C=O) groups excluding carboxylic acids is 1. The van der Waals surface area contributed by atoms with Crippen molar-refractivity contribution in [3.8, 4) is 0 Å². The number of fused-ring (bicyclic) bond motifs is 1. The van der Waals surface area contributed by atoms with Crippen LogP contribution in [0, 0.1) is 0 Å². The third-order valence-electron chi connectivity index (χ3n) is 2.59. The second-order valence-electron chi connectivity index (χ2n) is 3.65. The molecule has 0 bridgehead atoms. The van der Waals surface area contributed by atoms with Crippen LogP contribution in [0.4, 0.5) is 11.4 Å². The Balaban J connectivity index is 2.21. The molecule has 0 saturated heterocycles. The van der Waals surface area contributed by atoms with E-state index in [0.717, 1.165) is 11.3 Å². The summed E-state index contributed by atoms with van der Waals surface area (Å²) in [5, 5.41) is 3.54. The van der Waals surface area contributed by atoms with E-state index in [1.54, 1.807) is 13.0 Å². The molecule has 1 aromatic rings. The summed E-state index contributed by atoms with van der Waals surface area (Å²) in [4.78, 5) is 11.6. The predicted molar refractivity (Wildman–Crippen MR) is 63.6 cm³/mol. The molecule has 4 nitrogen and oxygen atoms in total. The number of carbonyl (C=O) groups is 1. The fourth-order valence-electron chi connectivity index (χ4n) is 1.81. The van der Waals surface area contributed by atoms with Crippen LogP contribution in [0.3, 0.4) is 0 Å². The maximum absolute atomic E-state index is 11.6. The summed E-state index contributed by atoms with van der Waals surface area (Å²) < 4.78 is 4.95. The van der Waals surface area contributed by atoms with Gasteiger partial charge in [0.1, 0.15) is 6.04 Å². The molecule has 16 heavy (non-hydrogen) atoms. The number of nitrogen functional groups attached to an aromatic ring is 1. The lowest BCUT2D eigenvalue weighted by Gasteiger charge is -2.10. The van der Waals surface area contributed by atoms with Crippen molar-refractivity contribution < 1.29 is 9.53 Å². The minimum absolute atomic E-state index is 0.255. The van der Waals surface area contributed by atoms with Gasteiger partial charge in [0.25, 0.3) is 0 Å². The Labute approximate surface area is 98.7 Å². The smallest absolute Gasteiger partial charge is 0.328 e. The molecule has 0 aliphatic carbocycles. The molecule has 2 rings (SSSR count). The molecule has 1 aliphatic rings. The number of rotatable bonds is 2. The fraction of sp³-hybridized carbons (Fsp3) is 0.364. The Bertz CT molecular complexity index is 434. The van der Waals surface area contributed by atoms with Crippen LogP contribution in [0.5, 0.6) is 0 Å². The monoisotopic (exact) mass is 240 g/mol. The maximum atomic E-state index is 11.6. The van der Waals surface area contributed by atoms with E-state index in [0.29, 0.717) is 23.7 Å². The van der Waals surface area contributed by atoms with Crippen molar-refractivity contribution in [1.29, 1.82) is 0 Å². The average Bonchev–Trinajstić information content (AvgIpc) is 2.69. The Hall–Kier alpha value is -1.42. The molecule has 0 saturated carbocycles. The Morgan fingerprint density at radius 1 is 1.69 bits per heavy atom. The van der Waals surface area contributed by atoms with Crippen LogP contribution < -0.4 is 11.1 Å². The summed E-state index contributed by atoms with van der Waals surface area (Å²) in [5.74, 6) is -0.255. The molecule has 1 aromatic carbocycles. The highest BCUT2D eigenvalue weighted by Gasteiger charge is 2.29. The normalized spacial score (nSPS) is 17.8. The van der Waals surface area contributed by atoms with Crippen LogP contribution >= 0.6 is 11.6 Å². The summed E-state index contributed by atoms with van der Waals surface area (Å²) in [5.41, 5.74) is 8.07. The number of halogens is 1. The highest BCUT2D eigenvalue weighted by Crippen LogP contribution is 2.36. The van der Waals surface area contributed by atoms with Crippen LogP contribution in [0.2, 0.25) is 5.02 Å². The molecule has 0 radical (unpaired) electrons. The molecule has 0 fully saturated rings.